The van der Waals surface area contributed by atoms with Crippen molar-refractivity contribution in [2.24, 2.45) is 70.8 Å². The van der Waals surface area contributed by atoms with E-state index < -0.39 is 84.1 Å². The summed E-state index contributed by atoms with van der Waals surface area (Å²) in [4.78, 5) is 200. The predicted molar refractivity (Wildman–Crippen MR) is 517 cm³/mol. The Morgan fingerprint density at radius 3 is 1.61 bits per heavy atom. The zero-order valence-electron chi connectivity index (χ0n) is 83.1. The number of anilines is 2. The summed E-state index contributed by atoms with van der Waals surface area (Å²) in [5, 5.41) is 29.6. The molecule has 3 aromatic rings. The fourth-order valence-corrected chi connectivity index (χ4v) is 19.3. The Morgan fingerprint density at radius 2 is 1.10 bits per heavy atom. The number of piperidine rings is 2. The molecule has 3 heterocycles. The average molecular weight is 1860 g/mol. The number of carbonyl (C=O) groups is 14. The number of likely N-dealkylation sites (N-methyl/N-ethyl adjacent to an activating group) is 2. The van der Waals surface area contributed by atoms with E-state index in [0.29, 0.717) is 126 Å². The lowest BCUT2D eigenvalue weighted by Gasteiger charge is -2.41. The molecule has 0 radical (unpaired) electrons. The molecule has 0 bridgehead atoms. The van der Waals surface area contributed by atoms with E-state index in [4.69, 9.17) is 15.2 Å². The van der Waals surface area contributed by atoms with E-state index in [1.807, 2.05) is 138 Å². The second-order valence-corrected chi connectivity index (χ2v) is 39.0. The lowest BCUT2D eigenvalue weighted by Crippen LogP contribution is -2.59. The molecule has 32 heteroatoms. The Hall–Kier alpha value is -9.60. The molecule has 3 aliphatic heterocycles. The number of methoxy groups -OCH3 is 2. The van der Waals surface area contributed by atoms with Crippen LogP contribution in [-0.2, 0) is 91.3 Å². The number of rotatable bonds is 59. The van der Waals surface area contributed by atoms with Gasteiger partial charge in [0.1, 0.15) is 11.8 Å². The fraction of sp³-hybridized carbons (Fsp3) is 0.683. The molecule has 32 nitrogen and oxygen atoms in total. The molecular weight excluding hydrogens is 1690 g/mol. The highest BCUT2D eigenvalue weighted by molar-refractivity contribution is 5.99. The molecule has 3 saturated heterocycles. The summed E-state index contributed by atoms with van der Waals surface area (Å²) < 4.78 is 12.3. The van der Waals surface area contributed by atoms with Gasteiger partial charge in [-0.3, -0.25) is 72.5 Å². The highest BCUT2D eigenvalue weighted by Gasteiger charge is 2.45. The van der Waals surface area contributed by atoms with Crippen molar-refractivity contribution >= 4 is 94.3 Å². The van der Waals surface area contributed by atoms with Gasteiger partial charge in [0.05, 0.1) is 55.5 Å². The lowest BCUT2D eigenvalue weighted by atomic mass is 9.85. The van der Waals surface area contributed by atoms with Crippen molar-refractivity contribution in [3.8, 4) is 0 Å². The zero-order valence-corrected chi connectivity index (χ0v) is 83.1. The molecule has 12 amide bonds. The second-order valence-electron chi connectivity index (χ2n) is 39.0. The fourth-order valence-electron chi connectivity index (χ4n) is 19.3. The Kier molecular flexibility index (Phi) is 48.3. The Balaban J connectivity index is 0.932. The first-order valence-electron chi connectivity index (χ1n) is 48.8. The van der Waals surface area contributed by atoms with E-state index >= 15 is 0 Å². The highest BCUT2D eigenvalue weighted by Crippen LogP contribution is 2.33. The maximum absolute atomic E-state index is 14.7. The van der Waals surface area contributed by atoms with Crippen molar-refractivity contribution in [2.45, 2.75) is 293 Å². The van der Waals surface area contributed by atoms with Gasteiger partial charge in [-0.15, -0.1) is 0 Å². The SMILES string of the molecule is CC[C@H](CC(=O)[C@@H](NC(=O)CCCN1CCC(CNCNC(=O)C2CCN(CCCC(=O)N[C@H](C(=O)C[C@@H](CCCNC(N)=O)C(=O)Nc3ccc(CNC(=O)[C@@H](CC(=O)[C@H](C)[C@@H](OC)[C@@H]4CCCN4C(=O)C[C@@H](OC)[C@H]([C@@H](C)CC)N(C)C(=O)[C@@H](NC(=O)[C@H](C(C)C)N(C)C)C(C)C)Cc4ccccc4)cc3)C(C)C)C(C)C2)CC1C)C(C)C)C(=O)Nc1ccc(CNC=O)cc1. The number of nitrogens with zero attached hydrogens (tertiary/aromatic N) is 5. The van der Waals surface area contributed by atoms with Crippen LogP contribution in [0.4, 0.5) is 16.2 Å². The van der Waals surface area contributed by atoms with Gasteiger partial charge in [-0.05, 0) is 214 Å². The minimum Gasteiger partial charge on any atom is -0.379 e. The molecule has 4 unspecified atom stereocenters. The molecule has 17 atom stereocenters. The van der Waals surface area contributed by atoms with Gasteiger partial charge in [0, 0.05) is 133 Å². The third-order valence-electron chi connectivity index (χ3n) is 27.3. The Morgan fingerprint density at radius 1 is 0.549 bits per heavy atom. The van der Waals surface area contributed by atoms with E-state index in [1.54, 1.807) is 67.3 Å². The summed E-state index contributed by atoms with van der Waals surface area (Å²) in [5.41, 5.74) is 8.83. The number of hydrogen-bond acceptors (Lipinski definition) is 20. The number of nitrogens with two attached hydrogens (primary N) is 1. The normalized spacial score (nSPS) is 19.3. The van der Waals surface area contributed by atoms with Crippen LogP contribution in [0.5, 0.6) is 0 Å². The van der Waals surface area contributed by atoms with E-state index in [9.17, 15) is 67.1 Å². The Labute approximate surface area is 791 Å². The molecule has 3 aliphatic rings. The number of Topliss-reactive ketones (excluding diaryl/α,β-unsaturated/α-hetero) is 3. The van der Waals surface area contributed by atoms with Crippen LogP contribution in [-0.4, -0.2) is 256 Å². The van der Waals surface area contributed by atoms with Crippen molar-refractivity contribution < 1.29 is 76.6 Å². The number of amides is 12. The highest BCUT2D eigenvalue weighted by atomic mass is 16.5. The molecule has 3 aromatic carbocycles. The Bertz CT molecular complexity index is 4180. The molecule has 0 aromatic heterocycles. The quantitative estimate of drug-likeness (QED) is 0.0142. The van der Waals surface area contributed by atoms with Gasteiger partial charge in [0.25, 0.3) is 0 Å². The molecule has 6 rings (SSSR count). The third-order valence-corrected chi connectivity index (χ3v) is 27.3. The maximum Gasteiger partial charge on any atom is 0.312 e. The number of ether oxygens (including phenoxy) is 2. The van der Waals surface area contributed by atoms with Crippen LogP contribution >= 0.6 is 0 Å². The van der Waals surface area contributed by atoms with Crippen molar-refractivity contribution in [3.63, 3.8) is 0 Å². The van der Waals surface area contributed by atoms with Gasteiger partial charge < -0.3 is 82.7 Å². The van der Waals surface area contributed by atoms with Gasteiger partial charge in [-0.1, -0.05) is 144 Å². The first-order valence-corrected chi connectivity index (χ1v) is 48.8. The molecule has 133 heavy (non-hydrogen) atoms. The zero-order chi connectivity index (χ0) is 98.3. The van der Waals surface area contributed by atoms with Crippen LogP contribution < -0.4 is 58.9 Å². The summed E-state index contributed by atoms with van der Waals surface area (Å²) in [6.45, 7) is 32.3. The second kappa shape index (κ2) is 57.3. The van der Waals surface area contributed by atoms with Crippen LogP contribution in [0.1, 0.15) is 229 Å². The summed E-state index contributed by atoms with van der Waals surface area (Å²) in [5.74, 6) is -6.46. The number of carbonyl (C=O) groups excluding carboxylic acids is 14. The van der Waals surface area contributed by atoms with Gasteiger partial charge in [-0.25, -0.2) is 4.79 Å². The van der Waals surface area contributed by atoms with E-state index in [2.05, 4.69) is 76.8 Å². The topological polar surface area (TPSA) is 420 Å². The molecule has 3 fully saturated rings. The lowest BCUT2D eigenvalue weighted by molar-refractivity contribution is -0.148. The molecule has 742 valence electrons. The van der Waals surface area contributed by atoms with Crippen LogP contribution in [0.2, 0.25) is 0 Å². The molecule has 12 N–H and O–H groups in total. The van der Waals surface area contributed by atoms with Crippen molar-refractivity contribution in [1.29, 1.82) is 0 Å². The summed E-state index contributed by atoms with van der Waals surface area (Å²) in [7, 11) is 8.47. The number of primary amides is 1. The number of nitrogens with one attached hydrogen (secondary N) is 10. The minimum atomic E-state index is -0.885. The number of benzene rings is 3. The van der Waals surface area contributed by atoms with Crippen molar-refractivity contribution in [3.05, 3.63) is 95.6 Å². The molecule has 0 spiro atoms. The number of likely N-dealkylation sites (tertiary alicyclic amines) is 3. The van der Waals surface area contributed by atoms with Crippen LogP contribution in [0.25, 0.3) is 0 Å². The first-order chi connectivity index (χ1) is 63.2. The average Bonchev–Trinajstić information content (AvgIpc) is 1.74. The van der Waals surface area contributed by atoms with Crippen LogP contribution in [0.3, 0.4) is 0 Å². The van der Waals surface area contributed by atoms with Crippen LogP contribution in [0, 0.1) is 65.1 Å². The molecule has 0 saturated carbocycles. The predicted octanol–water partition coefficient (Wildman–Crippen LogP) is 9.31. The minimum absolute atomic E-state index is 0.00276. The monoisotopic (exact) mass is 1860 g/mol. The molecular formula is C101H162N16O16. The summed E-state index contributed by atoms with van der Waals surface area (Å²) >= 11 is 0. The largest absolute Gasteiger partial charge is 0.379 e. The van der Waals surface area contributed by atoms with Crippen molar-refractivity contribution in [1.82, 2.24) is 67.0 Å². The number of hydrogen-bond donors (Lipinski definition) is 11. The van der Waals surface area contributed by atoms with E-state index in [1.165, 1.54) is 7.11 Å². The van der Waals surface area contributed by atoms with Gasteiger partial charge in [-0.2, -0.15) is 0 Å². The first kappa shape index (κ1) is 112. The number of urea groups is 1. The smallest absolute Gasteiger partial charge is 0.312 e. The molecule has 0 aliphatic carbocycles. The van der Waals surface area contributed by atoms with E-state index in [-0.39, 0.29) is 171 Å². The number of ketones is 3. The summed E-state index contributed by atoms with van der Waals surface area (Å²) in [6.07, 6.45) is 6.87. The van der Waals surface area contributed by atoms with E-state index in [0.717, 1.165) is 43.6 Å². The van der Waals surface area contributed by atoms with Crippen molar-refractivity contribution in [2.75, 3.05) is 98.5 Å². The summed E-state index contributed by atoms with van der Waals surface area (Å²) in [6, 6.07) is 19.2. The maximum atomic E-state index is 14.7. The van der Waals surface area contributed by atoms with Gasteiger partial charge in [0.15, 0.2) is 11.6 Å². The third kappa shape index (κ3) is 36.2. The standard InChI is InChI=1S/C101H162N16O16/c1-20-67(11)93(114(17)100(130)91(65(7)8)112-99(129)92(66(9)10)113(15)16)85(132-18)57-88(124)117-48-26-32-81(117)94(133-19)70(14)82(119)56-78(53-71-29-23-22-24-30-71)96(126)106-60-73-37-41-80(42-38-73)109-98(128)76(31-25-45-105-101(102)131)55-84(121)90(64(5)6)111-87(123)34-28-47-116-50-44-77(52-69(116)13)95(125)107-61-103-59-74-43-49-115(68(12)51-74)46-27-33-86(122)110-89(63(3)4)83(120)54-75(21-2)97(127)108-79-39-35-72(36-40-79)58-104-62-118/h22-24,29-30,35-42,62-70,74-78,81,85,89-94,103H,20-21,25-28,31-34,43-61H2,1-19H3,(H,104,118)(H,106,126)(H,107,125)(H,108,127)(H,109,128)(H,110,122)(H,111,123)(H,112,129)(H3,102,105,131)/t67-,68?,69?,70-,74?,75+,76+,77?,78+,81-,85+,89-,90-,91-,92-,93-,94+/m0/s1. The van der Waals surface area contributed by atoms with Gasteiger partial charge >= 0.3 is 6.03 Å². The van der Waals surface area contributed by atoms with Gasteiger partial charge in [0.2, 0.25) is 59.6 Å². The van der Waals surface area contributed by atoms with Crippen LogP contribution in [0.15, 0.2) is 78.9 Å².